The number of nitrogens with two attached hydrogens (primary N) is 1. The second kappa shape index (κ2) is 6.02. The van der Waals surface area contributed by atoms with Crippen molar-refractivity contribution in [2.24, 2.45) is 11.7 Å². The summed E-state index contributed by atoms with van der Waals surface area (Å²) in [5, 5.41) is 0. The number of rotatable bonds is 2. The summed E-state index contributed by atoms with van der Waals surface area (Å²) in [5.74, 6) is 0.216. The van der Waals surface area contributed by atoms with Crippen LogP contribution in [0, 0.1) is 5.92 Å². The zero-order valence-corrected chi connectivity index (χ0v) is 9.00. The van der Waals surface area contributed by atoms with Crippen LogP contribution < -0.4 is 5.73 Å². The Hall–Kier alpha value is -0.570. The highest BCUT2D eigenvalue weighted by atomic mass is 16.5. The monoisotopic (exact) mass is 199 g/mol. The lowest BCUT2D eigenvalue weighted by Gasteiger charge is -2.25. The Kier molecular flexibility index (Phi) is 4.94. The Balaban J connectivity index is 2.40. The summed E-state index contributed by atoms with van der Waals surface area (Å²) in [6, 6.07) is 0.189. The summed E-state index contributed by atoms with van der Waals surface area (Å²) < 4.78 is 4.68. The summed E-state index contributed by atoms with van der Waals surface area (Å²) in [6.07, 6.45) is 7.62. The Morgan fingerprint density at radius 3 is 2.57 bits per heavy atom. The molecule has 0 saturated heterocycles. The van der Waals surface area contributed by atoms with Gasteiger partial charge in [0.2, 0.25) is 0 Å². The van der Waals surface area contributed by atoms with E-state index in [2.05, 4.69) is 4.74 Å². The van der Waals surface area contributed by atoms with Gasteiger partial charge in [0.25, 0.3) is 0 Å². The largest absolute Gasteiger partial charge is 0.469 e. The van der Waals surface area contributed by atoms with E-state index in [4.69, 9.17) is 5.73 Å². The molecule has 0 aromatic carbocycles. The van der Waals surface area contributed by atoms with Crippen LogP contribution in [-0.2, 0) is 9.53 Å². The summed E-state index contributed by atoms with van der Waals surface area (Å²) in [4.78, 5) is 11.1. The average Bonchev–Trinajstić information content (AvgIpc) is 2.17. The molecule has 0 heterocycles. The first-order chi connectivity index (χ1) is 6.74. The molecule has 0 aromatic heterocycles. The summed E-state index contributed by atoms with van der Waals surface area (Å²) >= 11 is 0. The Morgan fingerprint density at radius 2 is 1.93 bits per heavy atom. The minimum absolute atomic E-state index is 0.119. The van der Waals surface area contributed by atoms with E-state index in [0.29, 0.717) is 12.3 Å². The first kappa shape index (κ1) is 11.5. The van der Waals surface area contributed by atoms with E-state index in [-0.39, 0.29) is 12.0 Å². The van der Waals surface area contributed by atoms with Crippen molar-refractivity contribution in [2.45, 2.75) is 51.0 Å². The molecule has 0 amide bonds. The van der Waals surface area contributed by atoms with Crippen molar-refractivity contribution >= 4 is 5.97 Å². The smallest absolute Gasteiger partial charge is 0.305 e. The average molecular weight is 199 g/mol. The Bertz CT molecular complexity index is 182. The number of ether oxygens (including phenoxy) is 1. The molecule has 2 atom stereocenters. The van der Waals surface area contributed by atoms with Crippen molar-refractivity contribution in [3.8, 4) is 0 Å². The van der Waals surface area contributed by atoms with Crippen LogP contribution in [0.3, 0.4) is 0 Å². The molecule has 1 aliphatic carbocycles. The first-order valence-corrected chi connectivity index (χ1v) is 5.56. The number of carbonyl (C=O) groups is 1. The third kappa shape index (κ3) is 3.66. The molecule has 82 valence electrons. The molecular weight excluding hydrogens is 178 g/mol. The van der Waals surface area contributed by atoms with E-state index in [9.17, 15) is 4.79 Å². The fourth-order valence-electron chi connectivity index (χ4n) is 2.14. The maximum atomic E-state index is 11.1. The highest BCUT2D eigenvalue weighted by Gasteiger charge is 2.22. The van der Waals surface area contributed by atoms with Gasteiger partial charge < -0.3 is 10.5 Å². The molecule has 3 heteroatoms. The fourth-order valence-corrected chi connectivity index (χ4v) is 2.14. The molecule has 0 aromatic rings. The van der Waals surface area contributed by atoms with E-state index in [1.54, 1.807) is 0 Å². The molecule has 0 aliphatic heterocycles. The summed E-state index contributed by atoms with van der Waals surface area (Å²) in [7, 11) is 1.44. The quantitative estimate of drug-likeness (QED) is 0.690. The minimum atomic E-state index is -0.119. The molecule has 0 unspecified atom stereocenters. The Labute approximate surface area is 86.0 Å². The van der Waals surface area contributed by atoms with E-state index in [0.717, 1.165) is 12.8 Å². The van der Waals surface area contributed by atoms with Gasteiger partial charge in [-0.1, -0.05) is 25.7 Å². The third-order valence-electron chi connectivity index (χ3n) is 3.12. The standard InChI is InChI=1S/C11H21NO2/c1-14-11(13)8-9-6-4-2-3-5-7-10(9)12/h9-10H,2-8,12H2,1H3/t9-,10-/m1/s1. The highest BCUT2D eigenvalue weighted by Crippen LogP contribution is 2.24. The minimum Gasteiger partial charge on any atom is -0.469 e. The molecule has 2 N–H and O–H groups in total. The number of carbonyl (C=O) groups excluding carboxylic acids is 1. The lowest BCUT2D eigenvalue weighted by atomic mass is 9.85. The van der Waals surface area contributed by atoms with Crippen molar-refractivity contribution in [1.82, 2.24) is 0 Å². The van der Waals surface area contributed by atoms with Crippen LogP contribution in [-0.4, -0.2) is 19.1 Å². The molecule has 1 aliphatic rings. The van der Waals surface area contributed by atoms with Crippen LogP contribution >= 0.6 is 0 Å². The van der Waals surface area contributed by atoms with Crippen LogP contribution in [0.15, 0.2) is 0 Å². The van der Waals surface area contributed by atoms with Crippen molar-refractivity contribution in [2.75, 3.05) is 7.11 Å². The van der Waals surface area contributed by atoms with E-state index in [1.807, 2.05) is 0 Å². The lowest BCUT2D eigenvalue weighted by Crippen LogP contribution is -2.32. The Morgan fingerprint density at radius 1 is 1.29 bits per heavy atom. The molecule has 1 saturated carbocycles. The normalized spacial score (nSPS) is 29.0. The third-order valence-corrected chi connectivity index (χ3v) is 3.12. The van der Waals surface area contributed by atoms with Crippen LogP contribution in [0.25, 0.3) is 0 Å². The van der Waals surface area contributed by atoms with Crippen LogP contribution in [0.1, 0.15) is 44.9 Å². The zero-order chi connectivity index (χ0) is 10.4. The molecule has 0 bridgehead atoms. The number of hydrogen-bond acceptors (Lipinski definition) is 3. The van der Waals surface area contributed by atoms with Crippen LogP contribution in [0.2, 0.25) is 0 Å². The van der Waals surface area contributed by atoms with Crippen molar-refractivity contribution in [1.29, 1.82) is 0 Å². The van der Waals surface area contributed by atoms with E-state index < -0.39 is 0 Å². The van der Waals surface area contributed by atoms with Gasteiger partial charge in [0.05, 0.1) is 7.11 Å². The van der Waals surface area contributed by atoms with Crippen LogP contribution in [0.5, 0.6) is 0 Å². The SMILES string of the molecule is COC(=O)C[C@H]1CCCCCC[C@H]1N. The van der Waals surface area contributed by atoms with Gasteiger partial charge in [-0.15, -0.1) is 0 Å². The first-order valence-electron chi connectivity index (χ1n) is 5.56. The molecule has 3 nitrogen and oxygen atoms in total. The number of methoxy groups -OCH3 is 1. The molecule has 1 fully saturated rings. The van der Waals surface area contributed by atoms with Crippen LogP contribution in [0.4, 0.5) is 0 Å². The second-order valence-corrected chi connectivity index (χ2v) is 4.20. The maximum Gasteiger partial charge on any atom is 0.305 e. The van der Waals surface area contributed by atoms with Gasteiger partial charge in [-0.2, -0.15) is 0 Å². The van der Waals surface area contributed by atoms with Gasteiger partial charge in [-0.25, -0.2) is 0 Å². The number of esters is 1. The van der Waals surface area contributed by atoms with Gasteiger partial charge in [0.15, 0.2) is 0 Å². The van der Waals surface area contributed by atoms with Crippen molar-refractivity contribution in [3.05, 3.63) is 0 Å². The van der Waals surface area contributed by atoms with Crippen molar-refractivity contribution < 1.29 is 9.53 Å². The van der Waals surface area contributed by atoms with Gasteiger partial charge in [0, 0.05) is 12.5 Å². The predicted molar refractivity (Wildman–Crippen MR) is 55.8 cm³/mol. The number of hydrogen-bond donors (Lipinski definition) is 1. The van der Waals surface area contributed by atoms with E-state index >= 15 is 0 Å². The maximum absolute atomic E-state index is 11.1. The molecule has 1 rings (SSSR count). The predicted octanol–water partition coefficient (Wildman–Crippen LogP) is 1.85. The summed E-state index contributed by atoms with van der Waals surface area (Å²) in [5.41, 5.74) is 6.04. The van der Waals surface area contributed by atoms with Gasteiger partial charge in [-0.05, 0) is 18.8 Å². The van der Waals surface area contributed by atoms with Gasteiger partial charge in [0.1, 0.15) is 0 Å². The highest BCUT2D eigenvalue weighted by molar-refractivity contribution is 5.69. The molecule has 14 heavy (non-hydrogen) atoms. The van der Waals surface area contributed by atoms with E-state index in [1.165, 1.54) is 32.8 Å². The van der Waals surface area contributed by atoms with Gasteiger partial charge >= 0.3 is 5.97 Å². The molecular formula is C11H21NO2. The fraction of sp³-hybridized carbons (Fsp3) is 0.909. The summed E-state index contributed by atoms with van der Waals surface area (Å²) in [6.45, 7) is 0. The van der Waals surface area contributed by atoms with Gasteiger partial charge in [-0.3, -0.25) is 4.79 Å². The molecule has 0 radical (unpaired) electrons. The van der Waals surface area contributed by atoms with Crippen molar-refractivity contribution in [3.63, 3.8) is 0 Å². The second-order valence-electron chi connectivity index (χ2n) is 4.20. The lowest BCUT2D eigenvalue weighted by molar-refractivity contribution is -0.142. The molecule has 0 spiro atoms. The topological polar surface area (TPSA) is 52.3 Å². The zero-order valence-electron chi connectivity index (χ0n) is 9.00.